The van der Waals surface area contributed by atoms with E-state index in [1.165, 1.54) is 5.56 Å². The van der Waals surface area contributed by atoms with Gasteiger partial charge in [0, 0.05) is 17.4 Å². The number of nitrogens with two attached hydrogens (primary N) is 1. The highest BCUT2D eigenvalue weighted by atomic mass is 79.9. The molecule has 96 valence electrons. The Labute approximate surface area is 120 Å². The van der Waals surface area contributed by atoms with Gasteiger partial charge >= 0.3 is 0 Å². The summed E-state index contributed by atoms with van der Waals surface area (Å²) in [6.45, 7) is 2.15. The van der Waals surface area contributed by atoms with E-state index in [-0.39, 0.29) is 0 Å². The molecular weight excluding hydrogens is 302 g/mol. The van der Waals surface area contributed by atoms with Crippen molar-refractivity contribution < 1.29 is 0 Å². The van der Waals surface area contributed by atoms with Gasteiger partial charge in [0.1, 0.15) is 10.4 Å². The van der Waals surface area contributed by atoms with Crippen molar-refractivity contribution in [2.24, 2.45) is 0 Å². The number of benzene rings is 1. The molecule has 2 aromatic heterocycles. The van der Waals surface area contributed by atoms with Crippen LogP contribution in [0, 0.1) is 0 Å². The Kier molecular flexibility index (Phi) is 3.03. The van der Waals surface area contributed by atoms with E-state index in [4.69, 9.17) is 5.73 Å². The lowest BCUT2D eigenvalue weighted by Gasteiger charge is -2.03. The second kappa shape index (κ2) is 4.70. The fourth-order valence-corrected chi connectivity index (χ4v) is 2.63. The first-order valence-electron chi connectivity index (χ1n) is 6.21. The normalized spacial score (nSPS) is 11.1. The number of hydrogen-bond acceptors (Lipinski definition) is 2. The Hall–Kier alpha value is -1.81. The van der Waals surface area contributed by atoms with Crippen LogP contribution in [0.4, 0.5) is 5.69 Å². The highest BCUT2D eigenvalue weighted by molar-refractivity contribution is 9.10. The van der Waals surface area contributed by atoms with Crippen molar-refractivity contribution >= 4 is 27.1 Å². The number of rotatable bonds is 2. The lowest BCUT2D eigenvalue weighted by Crippen LogP contribution is -1.91. The fraction of sp³-hybridized carbons (Fsp3) is 0.133. The van der Waals surface area contributed by atoms with Crippen LogP contribution in [0.2, 0.25) is 0 Å². The van der Waals surface area contributed by atoms with Crippen LogP contribution in [0.3, 0.4) is 0 Å². The largest absolute Gasteiger partial charge is 0.399 e. The van der Waals surface area contributed by atoms with Crippen molar-refractivity contribution in [1.29, 1.82) is 0 Å². The molecule has 2 N–H and O–H groups in total. The standard InChI is InChI=1S/C15H14BrN3/c1-2-10-3-5-11(6-4-10)15-18-14(16)13-9-12(17)7-8-19(13)15/h3-9H,2,17H2,1H3. The van der Waals surface area contributed by atoms with Crippen molar-refractivity contribution in [1.82, 2.24) is 9.38 Å². The summed E-state index contributed by atoms with van der Waals surface area (Å²) in [5.74, 6) is 0.921. The number of halogens is 1. The first kappa shape index (κ1) is 12.2. The summed E-state index contributed by atoms with van der Waals surface area (Å²) in [6.07, 6.45) is 2.99. The van der Waals surface area contributed by atoms with Crippen LogP contribution < -0.4 is 5.73 Å². The molecule has 0 saturated heterocycles. The van der Waals surface area contributed by atoms with E-state index in [9.17, 15) is 0 Å². The monoisotopic (exact) mass is 315 g/mol. The van der Waals surface area contributed by atoms with Crippen LogP contribution in [0.25, 0.3) is 16.9 Å². The van der Waals surface area contributed by atoms with E-state index < -0.39 is 0 Å². The molecule has 3 nitrogen and oxygen atoms in total. The van der Waals surface area contributed by atoms with E-state index in [1.54, 1.807) is 0 Å². The predicted octanol–water partition coefficient (Wildman–Crippen LogP) is 3.91. The Morgan fingerprint density at radius 1 is 1.21 bits per heavy atom. The average Bonchev–Trinajstić information content (AvgIpc) is 2.76. The van der Waals surface area contributed by atoms with E-state index >= 15 is 0 Å². The lowest BCUT2D eigenvalue weighted by atomic mass is 10.1. The first-order valence-corrected chi connectivity index (χ1v) is 7.00. The maximum absolute atomic E-state index is 5.82. The molecule has 3 aromatic rings. The molecule has 0 bridgehead atoms. The highest BCUT2D eigenvalue weighted by Gasteiger charge is 2.10. The number of aryl methyl sites for hydroxylation is 1. The molecule has 0 aliphatic carbocycles. The molecule has 0 fully saturated rings. The van der Waals surface area contributed by atoms with Crippen LogP contribution in [0.1, 0.15) is 12.5 Å². The minimum Gasteiger partial charge on any atom is -0.399 e. The zero-order chi connectivity index (χ0) is 13.4. The van der Waals surface area contributed by atoms with E-state index in [0.717, 1.165) is 33.6 Å². The number of aromatic nitrogens is 2. The molecule has 4 heteroatoms. The number of anilines is 1. The molecule has 0 spiro atoms. The van der Waals surface area contributed by atoms with Gasteiger partial charge in [-0.25, -0.2) is 4.98 Å². The summed E-state index contributed by atoms with van der Waals surface area (Å²) >= 11 is 3.49. The van der Waals surface area contributed by atoms with E-state index in [1.807, 2.05) is 22.7 Å². The van der Waals surface area contributed by atoms with Crippen molar-refractivity contribution in [3.8, 4) is 11.4 Å². The van der Waals surface area contributed by atoms with Gasteiger partial charge in [0.25, 0.3) is 0 Å². The van der Waals surface area contributed by atoms with Gasteiger partial charge in [0.05, 0.1) is 5.52 Å². The van der Waals surface area contributed by atoms with Crippen LogP contribution >= 0.6 is 15.9 Å². The third-order valence-electron chi connectivity index (χ3n) is 3.24. The summed E-state index contributed by atoms with van der Waals surface area (Å²) in [5, 5.41) is 0. The maximum Gasteiger partial charge on any atom is 0.145 e. The smallest absolute Gasteiger partial charge is 0.145 e. The maximum atomic E-state index is 5.82. The second-order valence-corrected chi connectivity index (χ2v) is 5.24. The minimum atomic E-state index is 0.737. The average molecular weight is 316 g/mol. The lowest BCUT2D eigenvalue weighted by molar-refractivity contribution is 1.13. The van der Waals surface area contributed by atoms with Gasteiger partial charge in [-0.15, -0.1) is 0 Å². The Morgan fingerprint density at radius 2 is 1.95 bits per heavy atom. The number of hydrogen-bond donors (Lipinski definition) is 1. The van der Waals surface area contributed by atoms with Gasteiger partial charge in [-0.05, 0) is 40.0 Å². The Bertz CT molecular complexity index is 729. The van der Waals surface area contributed by atoms with Crippen molar-refractivity contribution in [2.45, 2.75) is 13.3 Å². The van der Waals surface area contributed by atoms with Crippen molar-refractivity contribution in [3.05, 3.63) is 52.8 Å². The zero-order valence-electron chi connectivity index (χ0n) is 10.6. The van der Waals surface area contributed by atoms with Gasteiger partial charge in [0.15, 0.2) is 0 Å². The number of nitrogens with zero attached hydrogens (tertiary/aromatic N) is 2. The first-order chi connectivity index (χ1) is 9.19. The Balaban J connectivity index is 2.19. The minimum absolute atomic E-state index is 0.737. The number of nitrogen functional groups attached to an aromatic ring is 1. The van der Waals surface area contributed by atoms with Crippen LogP contribution in [0.5, 0.6) is 0 Å². The highest BCUT2D eigenvalue weighted by Crippen LogP contribution is 2.27. The molecular formula is C15H14BrN3. The molecule has 0 radical (unpaired) electrons. The summed E-state index contributed by atoms with van der Waals surface area (Å²) in [5.41, 5.74) is 9.96. The summed E-state index contributed by atoms with van der Waals surface area (Å²) in [7, 11) is 0. The van der Waals surface area contributed by atoms with Gasteiger partial charge < -0.3 is 5.73 Å². The number of fused-ring (bicyclic) bond motifs is 1. The third kappa shape index (κ3) is 2.12. The summed E-state index contributed by atoms with van der Waals surface area (Å²) in [6, 6.07) is 12.3. The zero-order valence-corrected chi connectivity index (χ0v) is 12.2. The van der Waals surface area contributed by atoms with Crippen LogP contribution in [-0.4, -0.2) is 9.38 Å². The second-order valence-electron chi connectivity index (χ2n) is 4.49. The quantitative estimate of drug-likeness (QED) is 0.779. The summed E-state index contributed by atoms with van der Waals surface area (Å²) in [4.78, 5) is 4.58. The number of imidazole rings is 1. The third-order valence-corrected chi connectivity index (χ3v) is 3.83. The van der Waals surface area contributed by atoms with Crippen molar-refractivity contribution in [2.75, 3.05) is 5.73 Å². The Morgan fingerprint density at radius 3 is 2.63 bits per heavy atom. The molecule has 0 saturated carbocycles. The molecule has 0 aliphatic rings. The SMILES string of the molecule is CCc1ccc(-c2nc(Br)c3cc(N)ccn23)cc1. The van der Waals surface area contributed by atoms with E-state index in [0.29, 0.717) is 0 Å². The topological polar surface area (TPSA) is 43.3 Å². The molecule has 0 aliphatic heterocycles. The van der Waals surface area contributed by atoms with Gasteiger partial charge in [-0.1, -0.05) is 31.2 Å². The van der Waals surface area contributed by atoms with Gasteiger partial charge in [0.2, 0.25) is 0 Å². The van der Waals surface area contributed by atoms with Gasteiger partial charge in [-0.3, -0.25) is 4.40 Å². The molecule has 1 aromatic carbocycles. The molecule has 3 rings (SSSR count). The molecule has 2 heterocycles. The molecule has 19 heavy (non-hydrogen) atoms. The van der Waals surface area contributed by atoms with Crippen LogP contribution in [0.15, 0.2) is 47.2 Å². The molecule has 0 unspecified atom stereocenters. The number of pyridine rings is 1. The fourth-order valence-electron chi connectivity index (χ4n) is 2.16. The van der Waals surface area contributed by atoms with Crippen LogP contribution in [-0.2, 0) is 6.42 Å². The molecule has 0 amide bonds. The van der Waals surface area contributed by atoms with E-state index in [2.05, 4.69) is 52.1 Å². The van der Waals surface area contributed by atoms with Crippen molar-refractivity contribution in [3.63, 3.8) is 0 Å². The van der Waals surface area contributed by atoms with Gasteiger partial charge in [-0.2, -0.15) is 0 Å². The predicted molar refractivity (Wildman–Crippen MR) is 82.1 cm³/mol. The molecule has 0 atom stereocenters. The summed E-state index contributed by atoms with van der Waals surface area (Å²) < 4.78 is 2.86.